The molecule has 11 heavy (non-hydrogen) atoms. The molecular weight excluding hydrogens is 138 g/mol. The zero-order chi connectivity index (χ0) is 8.27. The number of amides is 1. The molecule has 0 aromatic rings. The Kier molecular flexibility index (Phi) is 2.69. The molecule has 2 nitrogen and oxygen atoms in total. The van der Waals surface area contributed by atoms with Gasteiger partial charge in [0.05, 0.1) is 0 Å². The van der Waals surface area contributed by atoms with Crippen molar-refractivity contribution < 1.29 is 4.79 Å². The van der Waals surface area contributed by atoms with Crippen molar-refractivity contribution in [1.82, 2.24) is 4.90 Å². The number of carbonyl (C=O) groups excluding carboxylic acids is 1. The van der Waals surface area contributed by atoms with Gasteiger partial charge in [0.15, 0.2) is 0 Å². The van der Waals surface area contributed by atoms with Gasteiger partial charge >= 0.3 is 0 Å². The zero-order valence-corrected chi connectivity index (χ0v) is 6.92. The highest BCUT2D eigenvalue weighted by Crippen LogP contribution is 2.15. The van der Waals surface area contributed by atoms with E-state index in [0.29, 0.717) is 6.04 Å². The minimum absolute atomic E-state index is 0.0607. The van der Waals surface area contributed by atoms with E-state index in [2.05, 4.69) is 19.9 Å². The van der Waals surface area contributed by atoms with E-state index in [1.165, 1.54) is 6.08 Å². The number of carbonyl (C=O) groups is 1. The molecule has 1 fully saturated rings. The van der Waals surface area contributed by atoms with Gasteiger partial charge in [0, 0.05) is 12.6 Å². The van der Waals surface area contributed by atoms with Crippen LogP contribution in [0.15, 0.2) is 12.7 Å². The largest absolute Gasteiger partial charge is 0.336 e. The molecule has 61 valence electrons. The van der Waals surface area contributed by atoms with E-state index < -0.39 is 0 Å². The molecule has 0 N–H and O–H groups in total. The van der Waals surface area contributed by atoms with Crippen molar-refractivity contribution in [1.29, 1.82) is 0 Å². The molecule has 0 bridgehead atoms. The van der Waals surface area contributed by atoms with Crippen LogP contribution in [0, 0.1) is 6.42 Å². The van der Waals surface area contributed by atoms with Crippen molar-refractivity contribution in [2.75, 3.05) is 6.54 Å². The first-order valence-electron chi connectivity index (χ1n) is 4.00. The second-order valence-corrected chi connectivity index (χ2v) is 2.90. The molecule has 0 saturated carbocycles. The number of rotatable bonds is 1. The van der Waals surface area contributed by atoms with Crippen molar-refractivity contribution in [2.45, 2.75) is 25.8 Å². The molecule has 1 radical (unpaired) electrons. The molecule has 1 aliphatic rings. The normalized spacial score (nSPS) is 24.8. The Morgan fingerprint density at radius 2 is 2.55 bits per heavy atom. The van der Waals surface area contributed by atoms with Crippen molar-refractivity contribution in [3.63, 3.8) is 0 Å². The van der Waals surface area contributed by atoms with Gasteiger partial charge in [0.25, 0.3) is 0 Å². The van der Waals surface area contributed by atoms with Crippen LogP contribution in [0.2, 0.25) is 0 Å². The fraction of sp³-hybridized carbons (Fsp3) is 0.556. The summed E-state index contributed by atoms with van der Waals surface area (Å²) in [6, 6.07) is 0.356. The van der Waals surface area contributed by atoms with Gasteiger partial charge in [-0.2, -0.15) is 0 Å². The third kappa shape index (κ3) is 1.82. The molecule has 1 atom stereocenters. The lowest BCUT2D eigenvalue weighted by Crippen LogP contribution is -2.41. The van der Waals surface area contributed by atoms with Gasteiger partial charge in [-0.25, -0.2) is 0 Å². The highest BCUT2D eigenvalue weighted by atomic mass is 16.2. The van der Waals surface area contributed by atoms with Crippen molar-refractivity contribution in [3.05, 3.63) is 19.1 Å². The van der Waals surface area contributed by atoms with E-state index in [9.17, 15) is 4.79 Å². The average molecular weight is 152 g/mol. The highest BCUT2D eigenvalue weighted by molar-refractivity contribution is 5.87. The molecule has 1 saturated heterocycles. The fourth-order valence-corrected chi connectivity index (χ4v) is 1.38. The Hall–Kier alpha value is -0.790. The molecule has 0 aromatic carbocycles. The summed E-state index contributed by atoms with van der Waals surface area (Å²) in [6.07, 6.45) is 5.66. The van der Waals surface area contributed by atoms with Crippen LogP contribution < -0.4 is 0 Å². The summed E-state index contributed by atoms with van der Waals surface area (Å²) < 4.78 is 0. The summed E-state index contributed by atoms with van der Waals surface area (Å²) in [7, 11) is 0. The van der Waals surface area contributed by atoms with Crippen LogP contribution in [-0.4, -0.2) is 23.4 Å². The second kappa shape index (κ2) is 3.56. The molecule has 1 unspecified atom stereocenters. The van der Waals surface area contributed by atoms with E-state index in [0.717, 1.165) is 19.4 Å². The minimum atomic E-state index is 0.0607. The minimum Gasteiger partial charge on any atom is -0.336 e. The molecule has 0 aliphatic carbocycles. The van der Waals surface area contributed by atoms with Crippen LogP contribution in [0.25, 0.3) is 0 Å². The average Bonchev–Trinajstić information content (AvgIpc) is 2.04. The van der Waals surface area contributed by atoms with Crippen LogP contribution in [0.1, 0.15) is 19.8 Å². The van der Waals surface area contributed by atoms with Crippen LogP contribution in [0.5, 0.6) is 0 Å². The summed E-state index contributed by atoms with van der Waals surface area (Å²) in [4.78, 5) is 13.0. The van der Waals surface area contributed by atoms with Crippen LogP contribution in [0.3, 0.4) is 0 Å². The molecule has 1 rings (SSSR count). The molecule has 1 amide bonds. The van der Waals surface area contributed by atoms with E-state index in [-0.39, 0.29) is 5.91 Å². The van der Waals surface area contributed by atoms with E-state index >= 15 is 0 Å². The number of nitrogens with zero attached hydrogens (tertiary/aromatic N) is 1. The number of hydrogen-bond donors (Lipinski definition) is 0. The maximum Gasteiger partial charge on any atom is 0.246 e. The van der Waals surface area contributed by atoms with E-state index in [4.69, 9.17) is 0 Å². The fourth-order valence-electron chi connectivity index (χ4n) is 1.38. The predicted octanol–water partition coefficient (Wildman–Crippen LogP) is 1.39. The van der Waals surface area contributed by atoms with Crippen molar-refractivity contribution in [2.24, 2.45) is 0 Å². The standard InChI is InChI=1S/C9H14NO/c1-3-9(11)10-7-5-4-6-8(10)2/h3-4,8H,1,5-7H2,2H3. The van der Waals surface area contributed by atoms with E-state index in [1.54, 1.807) is 0 Å². The Morgan fingerprint density at radius 1 is 1.82 bits per heavy atom. The monoisotopic (exact) mass is 152 g/mol. The Bertz CT molecular complexity index is 165. The van der Waals surface area contributed by atoms with Gasteiger partial charge in [-0.15, -0.1) is 0 Å². The van der Waals surface area contributed by atoms with Crippen LogP contribution in [-0.2, 0) is 4.79 Å². The lowest BCUT2D eigenvalue weighted by atomic mass is 10.0. The summed E-state index contributed by atoms with van der Waals surface area (Å²) in [5.74, 6) is 0.0607. The maximum atomic E-state index is 11.2. The maximum absolute atomic E-state index is 11.2. The van der Waals surface area contributed by atoms with Crippen molar-refractivity contribution >= 4 is 5.91 Å². The summed E-state index contributed by atoms with van der Waals surface area (Å²) in [5.41, 5.74) is 0. The van der Waals surface area contributed by atoms with Crippen LogP contribution >= 0.6 is 0 Å². The highest BCUT2D eigenvalue weighted by Gasteiger charge is 2.20. The first-order valence-corrected chi connectivity index (χ1v) is 4.00. The third-order valence-corrected chi connectivity index (χ3v) is 2.07. The molecule has 0 aromatic heterocycles. The molecule has 0 spiro atoms. The van der Waals surface area contributed by atoms with Gasteiger partial charge in [-0.3, -0.25) is 4.79 Å². The summed E-state index contributed by atoms with van der Waals surface area (Å²) in [5, 5.41) is 0. The van der Waals surface area contributed by atoms with Gasteiger partial charge in [0.2, 0.25) is 5.91 Å². The van der Waals surface area contributed by atoms with Gasteiger partial charge in [-0.1, -0.05) is 6.58 Å². The summed E-state index contributed by atoms with van der Waals surface area (Å²) >= 11 is 0. The lowest BCUT2D eigenvalue weighted by molar-refractivity contribution is -0.128. The molecular formula is C9H14NO. The Labute approximate surface area is 67.9 Å². The Morgan fingerprint density at radius 3 is 3.09 bits per heavy atom. The van der Waals surface area contributed by atoms with Crippen molar-refractivity contribution in [3.8, 4) is 0 Å². The SMILES string of the molecule is C=CC(=O)N1CC[CH]CC1C. The zero-order valence-electron chi connectivity index (χ0n) is 6.92. The number of likely N-dealkylation sites (tertiary alicyclic amines) is 1. The second-order valence-electron chi connectivity index (χ2n) is 2.90. The Balaban J connectivity index is 2.53. The first-order chi connectivity index (χ1) is 5.25. The van der Waals surface area contributed by atoms with Gasteiger partial charge in [0.1, 0.15) is 0 Å². The number of hydrogen-bond acceptors (Lipinski definition) is 1. The van der Waals surface area contributed by atoms with Crippen LogP contribution in [0.4, 0.5) is 0 Å². The number of piperidine rings is 1. The molecule has 1 heterocycles. The quantitative estimate of drug-likeness (QED) is 0.520. The van der Waals surface area contributed by atoms with Gasteiger partial charge < -0.3 is 4.90 Å². The topological polar surface area (TPSA) is 20.3 Å². The summed E-state index contributed by atoms with van der Waals surface area (Å²) in [6.45, 7) is 6.39. The first kappa shape index (κ1) is 8.31. The smallest absolute Gasteiger partial charge is 0.246 e. The van der Waals surface area contributed by atoms with Gasteiger partial charge in [-0.05, 0) is 32.3 Å². The lowest BCUT2D eigenvalue weighted by Gasteiger charge is -2.32. The molecule has 2 heteroatoms. The van der Waals surface area contributed by atoms with E-state index in [1.807, 2.05) is 4.90 Å². The molecule has 1 aliphatic heterocycles. The third-order valence-electron chi connectivity index (χ3n) is 2.07. The predicted molar refractivity (Wildman–Crippen MR) is 44.9 cm³/mol.